The average Bonchev–Trinajstić information content (AvgIpc) is 2.94. The Bertz CT molecular complexity index is 728. The van der Waals surface area contributed by atoms with E-state index in [9.17, 15) is 8.42 Å². The average molecular weight is 337 g/mol. The van der Waals surface area contributed by atoms with E-state index in [1.807, 2.05) is 33.8 Å². The molecule has 1 atom stereocenters. The van der Waals surface area contributed by atoms with Gasteiger partial charge in [-0.05, 0) is 69.0 Å². The van der Waals surface area contributed by atoms with E-state index in [1.54, 1.807) is 24.7 Å². The summed E-state index contributed by atoms with van der Waals surface area (Å²) in [6.45, 7) is 7.99. The second-order valence-corrected chi connectivity index (χ2v) is 7.39. The van der Waals surface area contributed by atoms with Gasteiger partial charge in [-0.2, -0.15) is 0 Å². The van der Waals surface area contributed by atoms with Crippen LogP contribution in [0.5, 0.6) is 5.75 Å². The van der Waals surface area contributed by atoms with Gasteiger partial charge >= 0.3 is 0 Å². The molecule has 0 bridgehead atoms. The van der Waals surface area contributed by atoms with Crippen molar-refractivity contribution in [2.75, 3.05) is 6.61 Å². The van der Waals surface area contributed by atoms with E-state index in [1.165, 1.54) is 0 Å². The Balaban J connectivity index is 2.19. The highest BCUT2D eigenvalue weighted by Gasteiger charge is 2.20. The van der Waals surface area contributed by atoms with Crippen molar-refractivity contribution in [1.29, 1.82) is 0 Å². The van der Waals surface area contributed by atoms with Gasteiger partial charge in [-0.1, -0.05) is 0 Å². The largest absolute Gasteiger partial charge is 0.493 e. The van der Waals surface area contributed by atoms with Crippen molar-refractivity contribution in [3.05, 3.63) is 47.4 Å². The molecule has 0 aliphatic heterocycles. The number of aryl methyl sites for hydroxylation is 2. The van der Waals surface area contributed by atoms with Crippen LogP contribution in [0.3, 0.4) is 0 Å². The summed E-state index contributed by atoms with van der Waals surface area (Å²) in [7, 11) is -3.58. The van der Waals surface area contributed by atoms with Crippen LogP contribution < -0.4 is 9.46 Å². The molecule has 0 saturated heterocycles. The molecular weight excluding hydrogens is 314 g/mol. The Labute approximate surface area is 137 Å². The number of hydrogen-bond donors (Lipinski definition) is 1. The zero-order valence-corrected chi connectivity index (χ0v) is 14.7. The van der Waals surface area contributed by atoms with Gasteiger partial charge in [0.15, 0.2) is 0 Å². The molecule has 1 aromatic carbocycles. The summed E-state index contributed by atoms with van der Waals surface area (Å²) in [4.78, 5) is 0.259. The van der Waals surface area contributed by atoms with Crippen molar-refractivity contribution >= 4 is 10.0 Å². The third-order valence-electron chi connectivity index (χ3n) is 3.51. The molecular formula is C17H23NO4S. The molecule has 126 valence electrons. The highest BCUT2D eigenvalue weighted by atomic mass is 32.2. The number of nitrogens with one attached hydrogen (secondary N) is 1. The van der Waals surface area contributed by atoms with Gasteiger partial charge in [0.05, 0.1) is 24.0 Å². The molecule has 0 aliphatic carbocycles. The fourth-order valence-electron chi connectivity index (χ4n) is 2.57. The molecule has 1 unspecified atom stereocenters. The molecule has 0 saturated carbocycles. The third-order valence-corrected chi connectivity index (χ3v) is 5.08. The predicted molar refractivity (Wildman–Crippen MR) is 89.3 cm³/mol. The first-order chi connectivity index (χ1) is 10.8. The molecule has 0 spiro atoms. The second kappa shape index (κ2) is 7.19. The van der Waals surface area contributed by atoms with Gasteiger partial charge in [0.2, 0.25) is 10.0 Å². The first-order valence-electron chi connectivity index (χ1n) is 7.61. The third kappa shape index (κ3) is 4.36. The Kier molecular flexibility index (Phi) is 5.49. The molecule has 0 fully saturated rings. The van der Waals surface area contributed by atoms with E-state index in [2.05, 4.69) is 4.72 Å². The summed E-state index contributed by atoms with van der Waals surface area (Å²) < 4.78 is 38.4. The van der Waals surface area contributed by atoms with E-state index in [0.29, 0.717) is 13.0 Å². The van der Waals surface area contributed by atoms with Crippen molar-refractivity contribution < 1.29 is 17.6 Å². The quantitative estimate of drug-likeness (QED) is 0.842. The maximum absolute atomic E-state index is 12.6. The lowest BCUT2D eigenvalue weighted by Gasteiger charge is -2.16. The summed E-state index contributed by atoms with van der Waals surface area (Å²) >= 11 is 0. The van der Waals surface area contributed by atoms with E-state index in [-0.39, 0.29) is 10.9 Å². The lowest BCUT2D eigenvalue weighted by Crippen LogP contribution is -2.34. The molecule has 2 aromatic rings. The van der Waals surface area contributed by atoms with Crippen molar-refractivity contribution in [3.8, 4) is 5.75 Å². The smallest absolute Gasteiger partial charge is 0.240 e. The normalized spacial score (nSPS) is 13.0. The van der Waals surface area contributed by atoms with Crippen LogP contribution in [-0.2, 0) is 16.4 Å². The molecule has 0 amide bonds. The molecule has 0 aliphatic rings. The van der Waals surface area contributed by atoms with Crippen molar-refractivity contribution in [1.82, 2.24) is 4.72 Å². The zero-order valence-electron chi connectivity index (χ0n) is 13.9. The molecule has 1 N–H and O–H groups in total. The standard InChI is InChI=1S/C17H23NO4S/c1-5-22-17-12(2)8-16(9-13(17)3)23(19,20)18-14(4)10-15-6-7-21-11-15/h6-9,11,14,18H,5,10H2,1-4H3. The number of hydrogen-bond acceptors (Lipinski definition) is 4. The Morgan fingerprint density at radius 1 is 1.26 bits per heavy atom. The summed E-state index contributed by atoms with van der Waals surface area (Å²) in [5, 5.41) is 0. The maximum atomic E-state index is 12.6. The van der Waals surface area contributed by atoms with Crippen molar-refractivity contribution in [3.63, 3.8) is 0 Å². The molecule has 6 heteroatoms. The first-order valence-corrected chi connectivity index (χ1v) is 9.09. The maximum Gasteiger partial charge on any atom is 0.240 e. The Morgan fingerprint density at radius 3 is 2.43 bits per heavy atom. The van der Waals surface area contributed by atoms with Crippen LogP contribution in [0.25, 0.3) is 0 Å². The minimum absolute atomic E-state index is 0.232. The lowest BCUT2D eigenvalue weighted by molar-refractivity contribution is 0.335. The molecule has 1 aromatic heterocycles. The Hall–Kier alpha value is -1.79. The lowest BCUT2D eigenvalue weighted by atomic mass is 10.1. The number of rotatable bonds is 7. The SMILES string of the molecule is CCOc1c(C)cc(S(=O)(=O)NC(C)Cc2ccoc2)cc1C. The van der Waals surface area contributed by atoms with Gasteiger partial charge in [0.25, 0.3) is 0 Å². The van der Waals surface area contributed by atoms with Gasteiger partial charge in [-0.15, -0.1) is 0 Å². The fourth-order valence-corrected chi connectivity index (χ4v) is 3.99. The van der Waals surface area contributed by atoms with E-state index >= 15 is 0 Å². The number of sulfonamides is 1. The highest BCUT2D eigenvalue weighted by molar-refractivity contribution is 7.89. The zero-order chi connectivity index (χ0) is 17.0. The van der Waals surface area contributed by atoms with Crippen molar-refractivity contribution in [2.45, 2.75) is 45.1 Å². The summed E-state index contributed by atoms with van der Waals surface area (Å²) in [6, 6.07) is 4.89. The number of furan rings is 1. The molecule has 1 heterocycles. The van der Waals surface area contributed by atoms with Gasteiger partial charge in [0.1, 0.15) is 5.75 Å². The first kappa shape index (κ1) is 17.6. The van der Waals surface area contributed by atoms with Crippen LogP contribution in [-0.4, -0.2) is 21.1 Å². The minimum atomic E-state index is -3.58. The van der Waals surface area contributed by atoms with Gasteiger partial charge < -0.3 is 9.15 Å². The fraction of sp³-hybridized carbons (Fsp3) is 0.412. The Morgan fingerprint density at radius 2 is 1.91 bits per heavy atom. The molecule has 0 radical (unpaired) electrons. The van der Waals surface area contributed by atoms with Gasteiger partial charge in [-0.3, -0.25) is 0 Å². The predicted octanol–water partition coefficient (Wildman–Crippen LogP) is 3.20. The van der Waals surface area contributed by atoms with Crippen molar-refractivity contribution in [2.24, 2.45) is 0 Å². The number of benzene rings is 1. The van der Waals surface area contributed by atoms with Crippen LogP contribution in [0.4, 0.5) is 0 Å². The second-order valence-electron chi connectivity index (χ2n) is 5.68. The van der Waals surface area contributed by atoms with Crippen LogP contribution in [0, 0.1) is 13.8 Å². The van der Waals surface area contributed by atoms with Crippen LogP contribution in [0.1, 0.15) is 30.5 Å². The van der Waals surface area contributed by atoms with Crippen LogP contribution in [0.2, 0.25) is 0 Å². The highest BCUT2D eigenvalue weighted by Crippen LogP contribution is 2.27. The molecule has 2 rings (SSSR count). The van der Waals surface area contributed by atoms with E-state index in [4.69, 9.17) is 9.15 Å². The summed E-state index contributed by atoms with van der Waals surface area (Å²) in [5.41, 5.74) is 2.59. The minimum Gasteiger partial charge on any atom is -0.493 e. The van der Waals surface area contributed by atoms with E-state index in [0.717, 1.165) is 22.4 Å². The summed E-state index contributed by atoms with van der Waals surface area (Å²) in [6.07, 6.45) is 3.77. The molecule has 5 nitrogen and oxygen atoms in total. The number of ether oxygens (including phenoxy) is 1. The monoisotopic (exact) mass is 337 g/mol. The topological polar surface area (TPSA) is 68.5 Å². The van der Waals surface area contributed by atoms with Crippen LogP contribution >= 0.6 is 0 Å². The van der Waals surface area contributed by atoms with Gasteiger partial charge in [-0.25, -0.2) is 13.1 Å². The summed E-state index contributed by atoms with van der Waals surface area (Å²) in [5.74, 6) is 0.748. The molecule has 23 heavy (non-hydrogen) atoms. The van der Waals surface area contributed by atoms with Gasteiger partial charge in [0, 0.05) is 6.04 Å². The van der Waals surface area contributed by atoms with E-state index < -0.39 is 10.0 Å². The van der Waals surface area contributed by atoms with Crippen LogP contribution in [0.15, 0.2) is 40.0 Å².